The zero-order chi connectivity index (χ0) is 13.7. The molecule has 0 atom stereocenters. The van der Waals surface area contributed by atoms with Crippen molar-refractivity contribution in [1.82, 2.24) is 0 Å². The first kappa shape index (κ1) is 15.0. The Hall–Kier alpha value is -1.11. The van der Waals surface area contributed by atoms with Crippen LogP contribution in [0.5, 0.6) is 17.2 Å². The summed E-state index contributed by atoms with van der Waals surface area (Å²) < 4.78 is 15.7. The van der Waals surface area contributed by atoms with Gasteiger partial charge in [0.2, 0.25) is 0 Å². The summed E-state index contributed by atoms with van der Waals surface area (Å²) in [4.78, 5) is 0. The highest BCUT2D eigenvalue weighted by Gasteiger charge is 2.18. The van der Waals surface area contributed by atoms with Gasteiger partial charge in [0, 0.05) is 12.1 Å². The topological polar surface area (TPSA) is 68.2 Å². The summed E-state index contributed by atoms with van der Waals surface area (Å²) in [6, 6.07) is 2.92. The standard InChI is InChI=1S/C11H16BClO5/c1-4-16-10-6-8(18-12(14)15)5-9(13)11(10)17-7(2)3/h5-7,14-15H,4H2,1-3H3. The van der Waals surface area contributed by atoms with E-state index in [-0.39, 0.29) is 16.9 Å². The number of rotatable bonds is 6. The molecule has 0 aliphatic carbocycles. The average molecular weight is 275 g/mol. The molecular formula is C11H16BClO5. The molecule has 0 aromatic heterocycles. The number of hydrogen-bond acceptors (Lipinski definition) is 5. The molecule has 0 spiro atoms. The van der Waals surface area contributed by atoms with Crippen LogP contribution in [0.1, 0.15) is 20.8 Å². The molecule has 0 aliphatic rings. The molecule has 0 aliphatic heterocycles. The largest absolute Gasteiger partial charge is 0.707 e. The minimum atomic E-state index is -1.91. The molecule has 0 amide bonds. The van der Waals surface area contributed by atoms with Crippen molar-refractivity contribution in [2.75, 3.05) is 6.61 Å². The van der Waals surface area contributed by atoms with Crippen LogP contribution < -0.4 is 14.1 Å². The van der Waals surface area contributed by atoms with Gasteiger partial charge in [-0.15, -0.1) is 0 Å². The van der Waals surface area contributed by atoms with Gasteiger partial charge in [-0.25, -0.2) is 0 Å². The first-order chi connectivity index (χ1) is 8.43. The molecule has 1 aromatic rings. The van der Waals surface area contributed by atoms with Crippen LogP contribution in [0.25, 0.3) is 0 Å². The predicted octanol–water partition coefficient (Wildman–Crippen LogP) is 1.87. The normalized spacial score (nSPS) is 10.4. The molecule has 7 heteroatoms. The Balaban J connectivity index is 3.09. The van der Waals surface area contributed by atoms with Gasteiger partial charge in [0.15, 0.2) is 11.5 Å². The first-order valence-electron chi connectivity index (χ1n) is 5.59. The lowest BCUT2D eigenvalue weighted by Crippen LogP contribution is -2.20. The van der Waals surface area contributed by atoms with Gasteiger partial charge in [-0.3, -0.25) is 0 Å². The van der Waals surface area contributed by atoms with Gasteiger partial charge in [-0.1, -0.05) is 11.6 Å². The molecule has 0 fully saturated rings. The third-order valence-electron chi connectivity index (χ3n) is 1.88. The van der Waals surface area contributed by atoms with Crippen molar-refractivity contribution in [2.24, 2.45) is 0 Å². The molecule has 1 rings (SSSR count). The molecule has 0 heterocycles. The highest BCUT2D eigenvalue weighted by Crippen LogP contribution is 2.39. The molecular weight excluding hydrogens is 258 g/mol. The van der Waals surface area contributed by atoms with E-state index in [1.54, 1.807) is 0 Å². The fourth-order valence-electron chi connectivity index (χ4n) is 1.35. The fraction of sp³-hybridized carbons (Fsp3) is 0.455. The minimum absolute atomic E-state index is 0.0584. The maximum atomic E-state index is 8.75. The maximum absolute atomic E-state index is 8.75. The number of benzene rings is 1. The van der Waals surface area contributed by atoms with Crippen LogP contribution in [0.2, 0.25) is 5.02 Å². The molecule has 0 unspecified atom stereocenters. The summed E-state index contributed by atoms with van der Waals surface area (Å²) in [6.07, 6.45) is -0.0584. The van der Waals surface area contributed by atoms with Crippen LogP contribution in [-0.4, -0.2) is 30.1 Å². The van der Waals surface area contributed by atoms with Gasteiger partial charge >= 0.3 is 7.32 Å². The highest BCUT2D eigenvalue weighted by atomic mass is 35.5. The lowest BCUT2D eigenvalue weighted by Gasteiger charge is -2.17. The SMILES string of the molecule is CCOc1cc(OB(O)O)cc(Cl)c1OC(C)C. The van der Waals surface area contributed by atoms with E-state index in [9.17, 15) is 0 Å². The smallest absolute Gasteiger partial charge is 0.512 e. The van der Waals surface area contributed by atoms with E-state index in [0.717, 1.165) is 0 Å². The van der Waals surface area contributed by atoms with Gasteiger partial charge in [0.1, 0.15) is 5.75 Å². The van der Waals surface area contributed by atoms with E-state index < -0.39 is 7.32 Å². The molecule has 0 radical (unpaired) electrons. The van der Waals surface area contributed by atoms with Crippen molar-refractivity contribution in [2.45, 2.75) is 26.9 Å². The van der Waals surface area contributed by atoms with E-state index >= 15 is 0 Å². The third-order valence-corrected chi connectivity index (χ3v) is 2.16. The average Bonchev–Trinajstić information content (AvgIpc) is 2.22. The van der Waals surface area contributed by atoms with Crippen molar-refractivity contribution < 1.29 is 24.2 Å². The predicted molar refractivity (Wildman–Crippen MR) is 69.2 cm³/mol. The summed E-state index contributed by atoms with van der Waals surface area (Å²) in [5.74, 6) is 0.997. The molecule has 2 N–H and O–H groups in total. The van der Waals surface area contributed by atoms with Gasteiger partial charge in [-0.05, 0) is 20.8 Å². The Labute approximate surface area is 111 Å². The van der Waals surface area contributed by atoms with Crippen molar-refractivity contribution in [3.8, 4) is 17.2 Å². The van der Waals surface area contributed by atoms with E-state index in [1.807, 2.05) is 20.8 Å². The molecule has 5 nitrogen and oxygen atoms in total. The Morgan fingerprint density at radius 1 is 1.33 bits per heavy atom. The Morgan fingerprint density at radius 2 is 2.00 bits per heavy atom. The zero-order valence-corrected chi connectivity index (χ0v) is 11.3. The van der Waals surface area contributed by atoms with Gasteiger partial charge in [-0.2, -0.15) is 0 Å². The maximum Gasteiger partial charge on any atom is 0.707 e. The Kier molecular flexibility index (Phi) is 5.59. The van der Waals surface area contributed by atoms with Crippen LogP contribution in [0, 0.1) is 0 Å². The summed E-state index contributed by atoms with van der Waals surface area (Å²) in [5.41, 5.74) is 0. The lowest BCUT2D eigenvalue weighted by atomic mass is 10.2. The van der Waals surface area contributed by atoms with E-state index in [4.69, 9.17) is 35.8 Å². The second-order valence-electron chi connectivity index (χ2n) is 3.78. The second-order valence-corrected chi connectivity index (χ2v) is 4.18. The zero-order valence-electron chi connectivity index (χ0n) is 10.5. The third kappa shape index (κ3) is 4.29. The van der Waals surface area contributed by atoms with Crippen molar-refractivity contribution in [3.05, 3.63) is 17.2 Å². The Morgan fingerprint density at radius 3 is 2.50 bits per heavy atom. The van der Waals surface area contributed by atoms with Crippen LogP contribution >= 0.6 is 11.6 Å². The van der Waals surface area contributed by atoms with Crippen molar-refractivity contribution >= 4 is 18.9 Å². The van der Waals surface area contributed by atoms with E-state index in [2.05, 4.69) is 0 Å². The number of ether oxygens (including phenoxy) is 2. The van der Waals surface area contributed by atoms with Gasteiger partial charge in [0.25, 0.3) is 0 Å². The van der Waals surface area contributed by atoms with Crippen molar-refractivity contribution in [1.29, 1.82) is 0 Å². The van der Waals surface area contributed by atoms with E-state index in [1.165, 1.54) is 12.1 Å². The molecule has 0 bridgehead atoms. The molecule has 1 aromatic carbocycles. The minimum Gasteiger partial charge on any atom is -0.512 e. The molecule has 100 valence electrons. The summed E-state index contributed by atoms with van der Waals surface area (Å²) in [6.45, 7) is 5.99. The number of halogens is 1. The molecule has 0 saturated carbocycles. The summed E-state index contributed by atoms with van der Waals surface area (Å²) >= 11 is 6.05. The lowest BCUT2D eigenvalue weighted by molar-refractivity contribution is 0.223. The highest BCUT2D eigenvalue weighted by molar-refractivity contribution is 6.34. The molecule has 0 saturated heterocycles. The summed E-state index contributed by atoms with van der Waals surface area (Å²) in [5, 5.41) is 17.8. The van der Waals surface area contributed by atoms with Crippen LogP contribution in [0.4, 0.5) is 0 Å². The van der Waals surface area contributed by atoms with Crippen LogP contribution in [0.3, 0.4) is 0 Å². The Bertz CT molecular complexity index is 397. The molecule has 18 heavy (non-hydrogen) atoms. The second kappa shape index (κ2) is 6.73. The summed E-state index contributed by atoms with van der Waals surface area (Å²) in [7, 11) is -1.91. The quantitative estimate of drug-likeness (QED) is 0.775. The first-order valence-corrected chi connectivity index (χ1v) is 5.97. The van der Waals surface area contributed by atoms with Crippen LogP contribution in [-0.2, 0) is 0 Å². The van der Waals surface area contributed by atoms with Crippen molar-refractivity contribution in [3.63, 3.8) is 0 Å². The van der Waals surface area contributed by atoms with Gasteiger partial charge < -0.3 is 24.2 Å². The van der Waals surface area contributed by atoms with E-state index in [0.29, 0.717) is 18.1 Å². The van der Waals surface area contributed by atoms with Crippen LogP contribution in [0.15, 0.2) is 12.1 Å². The number of hydrogen-bond donors (Lipinski definition) is 2. The monoisotopic (exact) mass is 274 g/mol. The fourth-order valence-corrected chi connectivity index (χ4v) is 1.59. The van der Waals surface area contributed by atoms with Gasteiger partial charge in [0.05, 0.1) is 17.7 Å².